The van der Waals surface area contributed by atoms with Crippen molar-refractivity contribution >= 4 is 44.1 Å². The van der Waals surface area contributed by atoms with E-state index in [1.165, 1.54) is 24.8 Å². The molecule has 2 aliphatic rings. The van der Waals surface area contributed by atoms with Crippen molar-refractivity contribution in [2.75, 3.05) is 0 Å². The summed E-state index contributed by atoms with van der Waals surface area (Å²) in [6.45, 7) is 3.86. The smallest absolute Gasteiger partial charge is 0.164 e. The van der Waals surface area contributed by atoms with Crippen LogP contribution in [0.15, 0.2) is 104 Å². The molecule has 4 aromatic carbocycles. The molecule has 0 unspecified atom stereocenters. The highest BCUT2D eigenvalue weighted by molar-refractivity contribution is 6.07. The number of rotatable bonds is 7. The van der Waals surface area contributed by atoms with Gasteiger partial charge in [0.1, 0.15) is 22.6 Å². The van der Waals surface area contributed by atoms with Gasteiger partial charge in [-0.15, -0.1) is 6.58 Å². The Morgan fingerprint density at radius 2 is 0.917 bits per heavy atom. The first kappa shape index (κ1) is 28.2. The summed E-state index contributed by atoms with van der Waals surface area (Å²) in [6.07, 6.45) is 8.66. The van der Waals surface area contributed by atoms with Crippen molar-refractivity contribution in [3.05, 3.63) is 109 Å². The molecule has 2 N–H and O–H groups in total. The molecule has 5 heterocycles. The molecule has 9 rings (SSSR count). The number of aryl methyl sites for hydroxylation is 1. The van der Waals surface area contributed by atoms with Crippen molar-refractivity contribution in [3.8, 4) is 45.6 Å². The minimum Gasteiger partial charge on any atom is -0.324 e. The van der Waals surface area contributed by atoms with Crippen molar-refractivity contribution in [3.63, 3.8) is 0 Å². The highest BCUT2D eigenvalue weighted by Gasteiger charge is 2.22. The lowest BCUT2D eigenvalue weighted by Gasteiger charge is -2.04. The largest absolute Gasteiger partial charge is 0.324 e. The van der Waals surface area contributed by atoms with Crippen LogP contribution in [-0.4, -0.2) is 39.9 Å². The summed E-state index contributed by atoms with van der Waals surface area (Å²) < 4.78 is 0. The predicted molar refractivity (Wildman–Crippen MR) is 193 cm³/mol. The number of allylic oxidation sites excluding steroid dienone is 1. The van der Waals surface area contributed by atoms with Crippen molar-refractivity contribution in [1.29, 1.82) is 0 Å². The number of aromatic nitrogens is 8. The van der Waals surface area contributed by atoms with E-state index in [1.54, 1.807) is 0 Å². The van der Waals surface area contributed by atoms with E-state index in [0.717, 1.165) is 68.7 Å². The molecule has 48 heavy (non-hydrogen) atoms. The Balaban J connectivity index is 1.36. The first-order valence-corrected chi connectivity index (χ1v) is 16.6. The molecule has 0 amide bonds. The Kier molecular flexibility index (Phi) is 6.85. The molecule has 8 heteroatoms. The minimum atomic E-state index is 0.604. The molecule has 3 aromatic heterocycles. The monoisotopic (exact) mass is 624 g/mol. The van der Waals surface area contributed by atoms with Gasteiger partial charge < -0.3 is 9.97 Å². The third-order valence-electron chi connectivity index (χ3n) is 9.27. The average Bonchev–Trinajstić information content (AvgIpc) is 3.86. The van der Waals surface area contributed by atoms with E-state index in [-0.39, 0.29) is 0 Å². The molecule has 7 aromatic rings. The van der Waals surface area contributed by atoms with Crippen LogP contribution in [0.5, 0.6) is 0 Å². The number of aromatic amines is 2. The predicted octanol–water partition coefficient (Wildman–Crippen LogP) is 9.55. The molecule has 8 bridgehead atoms. The molecule has 0 saturated carbocycles. The summed E-state index contributed by atoms with van der Waals surface area (Å²) in [7, 11) is 0. The zero-order valence-electron chi connectivity index (χ0n) is 26.4. The van der Waals surface area contributed by atoms with Crippen LogP contribution >= 0.6 is 0 Å². The van der Waals surface area contributed by atoms with E-state index in [0.29, 0.717) is 40.2 Å². The Morgan fingerprint density at radius 1 is 0.458 bits per heavy atom. The summed E-state index contributed by atoms with van der Waals surface area (Å²) in [5, 5.41) is 3.99. The van der Waals surface area contributed by atoms with Crippen LogP contribution in [0.1, 0.15) is 37.7 Å². The van der Waals surface area contributed by atoms with Crippen LogP contribution in [0.3, 0.4) is 0 Å². The number of hydrogen-bond acceptors (Lipinski definition) is 6. The second-order valence-corrected chi connectivity index (χ2v) is 12.3. The van der Waals surface area contributed by atoms with E-state index >= 15 is 0 Å². The van der Waals surface area contributed by atoms with E-state index < -0.39 is 0 Å². The van der Waals surface area contributed by atoms with Crippen molar-refractivity contribution < 1.29 is 0 Å². The number of nitrogens with one attached hydrogen (secondary N) is 2. The number of fused-ring (bicyclic) bond motifs is 20. The maximum Gasteiger partial charge on any atom is 0.164 e. The zero-order chi connectivity index (χ0) is 32.0. The van der Waals surface area contributed by atoms with Crippen LogP contribution in [0.2, 0.25) is 0 Å². The van der Waals surface area contributed by atoms with Gasteiger partial charge in [-0.05, 0) is 31.2 Å². The van der Waals surface area contributed by atoms with Gasteiger partial charge in [0.05, 0.1) is 0 Å². The van der Waals surface area contributed by atoms with E-state index in [1.807, 2.05) is 48.5 Å². The minimum absolute atomic E-state index is 0.604. The average molecular weight is 625 g/mol. The molecule has 8 nitrogen and oxygen atoms in total. The van der Waals surface area contributed by atoms with Gasteiger partial charge in [-0.1, -0.05) is 110 Å². The molecule has 0 atom stereocenters. The van der Waals surface area contributed by atoms with Crippen LogP contribution in [0, 0.1) is 0 Å². The molecule has 0 radical (unpaired) electrons. The van der Waals surface area contributed by atoms with Gasteiger partial charge in [-0.3, -0.25) is 0 Å². The third-order valence-corrected chi connectivity index (χ3v) is 9.27. The molecule has 2 aliphatic heterocycles. The number of benzene rings is 4. The Hall–Kier alpha value is -6.02. The van der Waals surface area contributed by atoms with Gasteiger partial charge in [0.15, 0.2) is 23.3 Å². The SMILES string of the molecule is C=CCCCCCCc1cccc2c3nc4nc(nc5[nH]c(nc6nc(nc([nH]3)c12)-c1ccccc1-6)c1ccccc51)-c1ccccc1-4. The van der Waals surface area contributed by atoms with Gasteiger partial charge >= 0.3 is 0 Å². The maximum absolute atomic E-state index is 5.23. The zero-order valence-corrected chi connectivity index (χ0v) is 26.4. The summed E-state index contributed by atoms with van der Waals surface area (Å²) in [5.41, 5.74) is 7.82. The quantitative estimate of drug-likeness (QED) is 0.135. The third kappa shape index (κ3) is 4.76. The Labute approximate surface area is 276 Å². The standard InChI is InChI=1S/C40H32N8/c1-2-3-4-5-6-7-15-24-16-14-23-31-32(24)40-47-38-30-22-13-12-21-29(30)36(45-38)43-34-26-18-9-8-17-25(26)33(41-34)42-35-27-19-10-11-20-28(27)37(44-35)46-39(31)48-40/h2,8-14,16-23H,1,3-7,15H2,(H2,41,42,43,44,45,46,47,48). The van der Waals surface area contributed by atoms with Crippen LogP contribution < -0.4 is 0 Å². The first-order chi connectivity index (χ1) is 23.7. The molecule has 0 spiro atoms. The lowest BCUT2D eigenvalue weighted by Crippen LogP contribution is -1.89. The van der Waals surface area contributed by atoms with Crippen LogP contribution in [0.25, 0.3) is 89.7 Å². The van der Waals surface area contributed by atoms with E-state index in [4.69, 9.17) is 29.9 Å². The second kappa shape index (κ2) is 11.7. The summed E-state index contributed by atoms with van der Waals surface area (Å²) >= 11 is 0. The molecule has 232 valence electrons. The van der Waals surface area contributed by atoms with Gasteiger partial charge in [-0.2, -0.15) is 0 Å². The topological polar surface area (TPSA) is 109 Å². The molecular weight excluding hydrogens is 592 g/mol. The fourth-order valence-electron chi connectivity index (χ4n) is 6.93. The maximum atomic E-state index is 5.23. The van der Waals surface area contributed by atoms with Crippen molar-refractivity contribution in [2.45, 2.75) is 38.5 Å². The van der Waals surface area contributed by atoms with Crippen molar-refractivity contribution in [2.24, 2.45) is 0 Å². The second-order valence-electron chi connectivity index (χ2n) is 12.3. The molecule has 0 aliphatic carbocycles. The summed E-state index contributed by atoms with van der Waals surface area (Å²) in [5.74, 6) is 2.44. The number of hydrogen-bond donors (Lipinski definition) is 2. The summed E-state index contributed by atoms with van der Waals surface area (Å²) in [6, 6.07) is 30.8. The Morgan fingerprint density at radius 3 is 1.48 bits per heavy atom. The number of unbranched alkanes of at least 4 members (excludes halogenated alkanes) is 4. The number of nitrogens with zero attached hydrogens (tertiary/aromatic N) is 6. The molecule has 0 saturated heterocycles. The highest BCUT2D eigenvalue weighted by Crippen LogP contribution is 2.37. The fourth-order valence-corrected chi connectivity index (χ4v) is 6.93. The van der Waals surface area contributed by atoms with E-state index in [2.05, 4.69) is 65.1 Å². The van der Waals surface area contributed by atoms with Crippen LogP contribution in [-0.2, 0) is 6.42 Å². The van der Waals surface area contributed by atoms with Gasteiger partial charge in [-0.25, -0.2) is 29.9 Å². The fraction of sp³-hybridized carbons (Fsp3) is 0.150. The lowest BCUT2D eigenvalue weighted by molar-refractivity contribution is 0.647. The van der Waals surface area contributed by atoms with E-state index in [9.17, 15) is 0 Å². The highest BCUT2D eigenvalue weighted by atomic mass is 15.1. The Bertz CT molecular complexity index is 2550. The van der Waals surface area contributed by atoms with Gasteiger partial charge in [0.2, 0.25) is 0 Å². The number of H-pyrrole nitrogens is 2. The van der Waals surface area contributed by atoms with Crippen LogP contribution in [0.4, 0.5) is 0 Å². The molecular formula is C40H32N8. The molecule has 0 fully saturated rings. The van der Waals surface area contributed by atoms with Crippen molar-refractivity contribution in [1.82, 2.24) is 39.9 Å². The van der Waals surface area contributed by atoms with Gasteiger partial charge in [0, 0.05) is 43.8 Å². The normalized spacial score (nSPS) is 11.9. The first-order valence-electron chi connectivity index (χ1n) is 16.6. The van der Waals surface area contributed by atoms with Gasteiger partial charge in [0.25, 0.3) is 0 Å². The lowest BCUT2D eigenvalue weighted by atomic mass is 10.0. The summed E-state index contributed by atoms with van der Waals surface area (Å²) in [4.78, 5) is 37.7.